The number of hydrogen-bond acceptors (Lipinski definition) is 3. The summed E-state index contributed by atoms with van der Waals surface area (Å²) in [6.07, 6.45) is 0. The third kappa shape index (κ3) is 3.48. The van der Waals surface area contributed by atoms with Gasteiger partial charge in [-0.2, -0.15) is 0 Å². The molecule has 0 aliphatic rings. The molecule has 0 aliphatic carbocycles. The number of halogens is 3. The van der Waals surface area contributed by atoms with Crippen molar-refractivity contribution in [2.24, 2.45) is 0 Å². The van der Waals surface area contributed by atoms with E-state index in [0.717, 1.165) is 12.1 Å². The van der Waals surface area contributed by atoms with Crippen molar-refractivity contribution in [2.75, 3.05) is 0 Å². The smallest absolute Gasteiger partial charge is 0.484 e. The van der Waals surface area contributed by atoms with Crippen molar-refractivity contribution in [1.29, 1.82) is 0 Å². The molecule has 0 unspecified atom stereocenters. The van der Waals surface area contributed by atoms with Crippen molar-refractivity contribution in [1.82, 2.24) is 0 Å². The Bertz CT molecular complexity index is 602. The zero-order valence-corrected chi connectivity index (χ0v) is 10.9. The van der Waals surface area contributed by atoms with Gasteiger partial charge < -0.3 is 14.8 Å². The van der Waals surface area contributed by atoms with Crippen LogP contribution in [-0.4, -0.2) is 17.2 Å². The van der Waals surface area contributed by atoms with Gasteiger partial charge in [-0.1, -0.05) is 23.7 Å². The second kappa shape index (κ2) is 6.22. The van der Waals surface area contributed by atoms with E-state index in [9.17, 15) is 8.78 Å². The molecular formula is C13H10BClF2O3. The number of rotatable bonds is 4. The minimum atomic E-state index is -1.79. The van der Waals surface area contributed by atoms with E-state index in [1.807, 2.05) is 0 Å². The summed E-state index contributed by atoms with van der Waals surface area (Å²) in [5.41, 5.74) is 0.315. The van der Waals surface area contributed by atoms with E-state index < -0.39 is 18.8 Å². The highest BCUT2D eigenvalue weighted by atomic mass is 35.5. The van der Waals surface area contributed by atoms with Crippen molar-refractivity contribution in [3.63, 3.8) is 0 Å². The maximum absolute atomic E-state index is 13.5. The Hall–Kier alpha value is -1.63. The number of para-hydroxylation sites is 1. The van der Waals surface area contributed by atoms with Crippen molar-refractivity contribution in [3.8, 4) is 5.75 Å². The van der Waals surface area contributed by atoms with Gasteiger partial charge in [-0.25, -0.2) is 8.78 Å². The molecule has 104 valence electrons. The molecule has 0 heterocycles. The lowest BCUT2D eigenvalue weighted by molar-refractivity contribution is 0.290. The summed E-state index contributed by atoms with van der Waals surface area (Å²) >= 11 is 5.79. The molecule has 0 fully saturated rings. The SMILES string of the molecule is OB(O)c1cc(F)cc(COc2c(F)cccc2Cl)c1. The normalized spacial score (nSPS) is 10.4. The van der Waals surface area contributed by atoms with Gasteiger partial charge in [0.25, 0.3) is 0 Å². The first-order chi connectivity index (χ1) is 9.47. The van der Waals surface area contributed by atoms with Crippen LogP contribution in [-0.2, 0) is 6.61 Å². The highest BCUT2D eigenvalue weighted by molar-refractivity contribution is 6.58. The minimum absolute atomic E-state index is 0.0109. The lowest BCUT2D eigenvalue weighted by Crippen LogP contribution is -2.30. The summed E-state index contributed by atoms with van der Waals surface area (Å²) in [5.74, 6) is -1.41. The second-order valence-electron chi connectivity index (χ2n) is 4.11. The molecule has 0 spiro atoms. The third-order valence-electron chi connectivity index (χ3n) is 2.58. The van der Waals surface area contributed by atoms with Gasteiger partial charge >= 0.3 is 7.12 Å². The number of ether oxygens (including phenoxy) is 1. The monoisotopic (exact) mass is 298 g/mol. The number of hydrogen-bond donors (Lipinski definition) is 2. The average Bonchev–Trinajstić information content (AvgIpc) is 2.37. The van der Waals surface area contributed by atoms with Gasteiger partial charge in [0.15, 0.2) is 11.6 Å². The summed E-state index contributed by atoms with van der Waals surface area (Å²) < 4.78 is 32.0. The first-order valence-electron chi connectivity index (χ1n) is 5.69. The van der Waals surface area contributed by atoms with Gasteiger partial charge in [0.2, 0.25) is 0 Å². The van der Waals surface area contributed by atoms with Crippen molar-refractivity contribution in [3.05, 3.63) is 58.6 Å². The molecule has 0 atom stereocenters. The van der Waals surface area contributed by atoms with Crippen LogP contribution < -0.4 is 10.2 Å². The van der Waals surface area contributed by atoms with Gasteiger partial charge in [0.1, 0.15) is 12.4 Å². The van der Waals surface area contributed by atoms with Crippen LogP contribution in [0.5, 0.6) is 5.75 Å². The highest BCUT2D eigenvalue weighted by Crippen LogP contribution is 2.27. The summed E-state index contributed by atoms with van der Waals surface area (Å²) in [5, 5.41) is 18.1. The van der Waals surface area contributed by atoms with Gasteiger partial charge in [0, 0.05) is 0 Å². The Morgan fingerprint density at radius 2 is 1.90 bits per heavy atom. The first-order valence-corrected chi connectivity index (χ1v) is 6.07. The van der Waals surface area contributed by atoms with Gasteiger partial charge in [-0.3, -0.25) is 0 Å². The predicted molar refractivity (Wildman–Crippen MR) is 72.0 cm³/mol. The first kappa shape index (κ1) is 14.8. The summed E-state index contributed by atoms with van der Waals surface area (Å²) in [4.78, 5) is 0. The Kier molecular flexibility index (Phi) is 4.59. The molecule has 2 rings (SSSR count). The number of benzene rings is 2. The van der Waals surface area contributed by atoms with E-state index in [1.165, 1.54) is 24.3 Å². The highest BCUT2D eigenvalue weighted by Gasteiger charge is 2.14. The molecular weight excluding hydrogens is 288 g/mol. The Balaban J connectivity index is 2.19. The van der Waals surface area contributed by atoms with E-state index in [4.69, 9.17) is 26.4 Å². The quantitative estimate of drug-likeness (QED) is 0.847. The van der Waals surface area contributed by atoms with E-state index in [2.05, 4.69) is 0 Å². The standard InChI is InChI=1S/C13H10BClF2O3/c15-11-2-1-3-12(17)13(11)20-7-8-4-9(14(18)19)6-10(16)5-8/h1-6,18-19H,7H2. The van der Waals surface area contributed by atoms with Crippen LogP contribution in [0.3, 0.4) is 0 Å². The zero-order valence-electron chi connectivity index (χ0n) is 10.2. The second-order valence-corrected chi connectivity index (χ2v) is 4.51. The molecule has 0 saturated heterocycles. The molecule has 0 radical (unpaired) electrons. The zero-order chi connectivity index (χ0) is 14.7. The van der Waals surface area contributed by atoms with E-state index in [-0.39, 0.29) is 22.8 Å². The van der Waals surface area contributed by atoms with Gasteiger partial charge in [-0.05, 0) is 35.3 Å². The van der Waals surface area contributed by atoms with E-state index in [1.54, 1.807) is 0 Å². The Morgan fingerprint density at radius 3 is 2.55 bits per heavy atom. The Labute approximate surface area is 119 Å². The molecule has 0 aromatic heterocycles. The van der Waals surface area contributed by atoms with Gasteiger partial charge in [0.05, 0.1) is 5.02 Å². The fourth-order valence-corrected chi connectivity index (χ4v) is 1.90. The summed E-state index contributed by atoms with van der Waals surface area (Å²) in [7, 11) is -1.79. The lowest BCUT2D eigenvalue weighted by atomic mass is 9.79. The molecule has 0 aliphatic heterocycles. The lowest BCUT2D eigenvalue weighted by Gasteiger charge is -2.10. The van der Waals surface area contributed by atoms with Crippen LogP contribution in [0.25, 0.3) is 0 Å². The van der Waals surface area contributed by atoms with Gasteiger partial charge in [-0.15, -0.1) is 0 Å². The summed E-state index contributed by atoms with van der Waals surface area (Å²) in [6.45, 7) is -0.155. The fourth-order valence-electron chi connectivity index (χ4n) is 1.68. The van der Waals surface area contributed by atoms with Crippen molar-refractivity contribution < 1.29 is 23.6 Å². The molecule has 0 saturated carbocycles. The summed E-state index contributed by atoms with van der Waals surface area (Å²) in [6, 6.07) is 7.59. The van der Waals surface area contributed by atoms with Crippen LogP contribution in [0.4, 0.5) is 8.78 Å². The van der Waals surface area contributed by atoms with Crippen LogP contribution in [0.1, 0.15) is 5.56 Å². The largest absolute Gasteiger partial charge is 0.488 e. The molecule has 3 nitrogen and oxygen atoms in total. The molecule has 2 aromatic rings. The molecule has 0 amide bonds. The molecule has 2 aromatic carbocycles. The van der Waals surface area contributed by atoms with Crippen LogP contribution in [0.15, 0.2) is 36.4 Å². The minimum Gasteiger partial charge on any atom is -0.484 e. The molecule has 20 heavy (non-hydrogen) atoms. The molecule has 7 heteroatoms. The van der Waals surface area contributed by atoms with Crippen molar-refractivity contribution >= 4 is 24.2 Å². The maximum Gasteiger partial charge on any atom is 0.488 e. The van der Waals surface area contributed by atoms with Crippen LogP contribution in [0, 0.1) is 11.6 Å². The predicted octanol–water partition coefficient (Wildman–Crippen LogP) is 1.88. The molecule has 0 bridgehead atoms. The Morgan fingerprint density at radius 1 is 1.15 bits per heavy atom. The fraction of sp³-hybridized carbons (Fsp3) is 0.0769. The van der Waals surface area contributed by atoms with Crippen molar-refractivity contribution in [2.45, 2.75) is 6.61 Å². The topological polar surface area (TPSA) is 49.7 Å². The van der Waals surface area contributed by atoms with E-state index in [0.29, 0.717) is 5.56 Å². The van der Waals surface area contributed by atoms with Crippen LogP contribution >= 0.6 is 11.6 Å². The van der Waals surface area contributed by atoms with Crippen LogP contribution in [0.2, 0.25) is 5.02 Å². The average molecular weight is 298 g/mol. The molecule has 2 N–H and O–H groups in total. The van der Waals surface area contributed by atoms with E-state index >= 15 is 0 Å². The maximum atomic E-state index is 13.5. The third-order valence-corrected chi connectivity index (χ3v) is 2.88.